The highest BCUT2D eigenvalue weighted by Gasteiger charge is 2.33. The first kappa shape index (κ1) is 15.6. The van der Waals surface area contributed by atoms with Crippen LogP contribution in [0.25, 0.3) is 0 Å². The summed E-state index contributed by atoms with van der Waals surface area (Å²) in [6.07, 6.45) is 6.88. The predicted molar refractivity (Wildman–Crippen MR) is 79.5 cm³/mol. The summed E-state index contributed by atoms with van der Waals surface area (Å²) >= 11 is 0. The van der Waals surface area contributed by atoms with Crippen LogP contribution >= 0.6 is 0 Å². The number of amides is 2. The molecule has 2 heterocycles. The molecule has 5 heteroatoms. The van der Waals surface area contributed by atoms with Gasteiger partial charge < -0.3 is 20.7 Å². The molecule has 0 aromatic rings. The summed E-state index contributed by atoms with van der Waals surface area (Å²) in [7, 11) is 1.99. The highest BCUT2D eigenvalue weighted by molar-refractivity contribution is 5.72. The Hall–Kier alpha value is -0.810. The maximum atomic E-state index is 11.7. The van der Waals surface area contributed by atoms with E-state index in [1.165, 1.54) is 12.8 Å². The number of nitrogens with one attached hydrogen (secondary N) is 1. The van der Waals surface area contributed by atoms with E-state index in [-0.39, 0.29) is 6.03 Å². The van der Waals surface area contributed by atoms with Gasteiger partial charge in [-0.1, -0.05) is 0 Å². The van der Waals surface area contributed by atoms with Gasteiger partial charge in [-0.15, -0.1) is 0 Å². The molecular weight excluding hydrogens is 254 g/mol. The highest BCUT2D eigenvalue weighted by Crippen LogP contribution is 2.30. The highest BCUT2D eigenvalue weighted by atomic mass is 16.5. The van der Waals surface area contributed by atoms with Crippen molar-refractivity contribution < 1.29 is 9.53 Å². The first-order valence-electron chi connectivity index (χ1n) is 8.00. The number of nitrogens with zero attached hydrogens (tertiary/aromatic N) is 1. The minimum absolute atomic E-state index is 0.247. The number of nitrogens with two attached hydrogens (primary N) is 1. The summed E-state index contributed by atoms with van der Waals surface area (Å²) in [5, 5.41) is 3.30. The van der Waals surface area contributed by atoms with E-state index < -0.39 is 0 Å². The quantitative estimate of drug-likeness (QED) is 0.805. The lowest BCUT2D eigenvalue weighted by Gasteiger charge is -2.41. The average Bonchev–Trinajstić information content (AvgIpc) is 2.48. The van der Waals surface area contributed by atoms with Crippen molar-refractivity contribution >= 4 is 6.03 Å². The Morgan fingerprint density at radius 3 is 2.75 bits per heavy atom. The van der Waals surface area contributed by atoms with Gasteiger partial charge >= 0.3 is 6.03 Å². The van der Waals surface area contributed by atoms with Crippen molar-refractivity contribution in [1.29, 1.82) is 0 Å². The van der Waals surface area contributed by atoms with Crippen molar-refractivity contribution in [3.8, 4) is 0 Å². The second-order valence-electron chi connectivity index (χ2n) is 6.20. The largest absolute Gasteiger partial charge is 0.381 e. The van der Waals surface area contributed by atoms with E-state index in [9.17, 15) is 4.79 Å². The van der Waals surface area contributed by atoms with Crippen molar-refractivity contribution in [3.05, 3.63) is 0 Å². The average molecular weight is 283 g/mol. The Bertz CT molecular complexity index is 305. The first-order chi connectivity index (χ1) is 9.72. The third-order valence-corrected chi connectivity index (χ3v) is 4.82. The van der Waals surface area contributed by atoms with E-state index in [4.69, 9.17) is 10.5 Å². The van der Waals surface area contributed by atoms with Gasteiger partial charge in [-0.25, -0.2) is 4.79 Å². The molecule has 116 valence electrons. The molecule has 2 fully saturated rings. The summed E-state index contributed by atoms with van der Waals surface area (Å²) in [6, 6.07) is 0.0688. The van der Waals surface area contributed by atoms with Crippen molar-refractivity contribution in [2.75, 3.05) is 33.4 Å². The molecule has 3 N–H and O–H groups in total. The van der Waals surface area contributed by atoms with Crippen molar-refractivity contribution in [3.63, 3.8) is 0 Å². The van der Waals surface area contributed by atoms with E-state index >= 15 is 0 Å². The second kappa shape index (κ2) is 7.84. The fourth-order valence-electron chi connectivity index (χ4n) is 3.77. The molecule has 2 atom stereocenters. The summed E-state index contributed by atoms with van der Waals surface area (Å²) < 4.78 is 5.45. The fraction of sp³-hybridized carbons (Fsp3) is 0.933. The number of piperidine rings is 1. The van der Waals surface area contributed by atoms with Crippen LogP contribution in [-0.2, 0) is 4.74 Å². The van der Waals surface area contributed by atoms with E-state index in [1.807, 2.05) is 11.9 Å². The summed E-state index contributed by atoms with van der Waals surface area (Å²) in [4.78, 5) is 13.6. The Labute approximate surface area is 122 Å². The van der Waals surface area contributed by atoms with Gasteiger partial charge in [0.25, 0.3) is 0 Å². The van der Waals surface area contributed by atoms with Gasteiger partial charge in [-0.2, -0.15) is 0 Å². The standard InChI is InChI=1S/C15H29N3O2/c1-17-11-13(10-12-5-8-20-9-6-12)14-4-2-3-7-18(14)15(16)19/h12-14,17H,2-11H2,1H3,(H2,16,19)/t13-,14?/m1/s1. The van der Waals surface area contributed by atoms with Gasteiger partial charge in [0.15, 0.2) is 0 Å². The lowest BCUT2D eigenvalue weighted by molar-refractivity contribution is 0.0473. The SMILES string of the molecule is CNC[C@@H](CC1CCOCC1)C1CCCCN1C(N)=O. The van der Waals surface area contributed by atoms with Gasteiger partial charge in [0.2, 0.25) is 0 Å². The summed E-state index contributed by atoms with van der Waals surface area (Å²) in [5.41, 5.74) is 5.57. The zero-order chi connectivity index (χ0) is 14.4. The van der Waals surface area contributed by atoms with E-state index in [0.29, 0.717) is 12.0 Å². The summed E-state index contributed by atoms with van der Waals surface area (Å²) in [6.45, 7) is 3.57. The number of hydrogen-bond acceptors (Lipinski definition) is 3. The Morgan fingerprint density at radius 1 is 1.35 bits per heavy atom. The Kier molecular flexibility index (Phi) is 6.10. The smallest absolute Gasteiger partial charge is 0.315 e. The van der Waals surface area contributed by atoms with Crippen LogP contribution in [0.3, 0.4) is 0 Å². The lowest BCUT2D eigenvalue weighted by atomic mass is 9.81. The molecule has 20 heavy (non-hydrogen) atoms. The maximum absolute atomic E-state index is 11.7. The number of rotatable bonds is 5. The molecule has 0 aromatic carbocycles. The normalized spacial score (nSPS) is 26.4. The number of carbonyl (C=O) groups is 1. The summed E-state index contributed by atoms with van der Waals surface area (Å²) in [5.74, 6) is 1.25. The zero-order valence-corrected chi connectivity index (χ0v) is 12.6. The van der Waals surface area contributed by atoms with Crippen molar-refractivity contribution in [2.45, 2.75) is 44.6 Å². The molecule has 2 rings (SSSR count). The molecule has 0 bridgehead atoms. The third-order valence-electron chi connectivity index (χ3n) is 4.82. The first-order valence-corrected chi connectivity index (χ1v) is 8.00. The van der Waals surface area contributed by atoms with Gasteiger partial charge in [-0.05, 0) is 64.0 Å². The molecule has 2 amide bonds. The van der Waals surface area contributed by atoms with Crippen LogP contribution in [0, 0.1) is 11.8 Å². The number of primary amides is 1. The molecule has 0 saturated carbocycles. The van der Waals surface area contributed by atoms with Crippen LogP contribution in [0.15, 0.2) is 0 Å². The van der Waals surface area contributed by atoms with Crippen LogP contribution < -0.4 is 11.1 Å². The van der Waals surface area contributed by atoms with Gasteiger partial charge in [0.1, 0.15) is 0 Å². The molecule has 1 unspecified atom stereocenters. The molecule has 2 aliphatic heterocycles. The van der Waals surface area contributed by atoms with E-state index in [1.54, 1.807) is 0 Å². The number of carbonyl (C=O) groups excluding carboxylic acids is 1. The Balaban J connectivity index is 1.99. The number of urea groups is 1. The third kappa shape index (κ3) is 4.09. The van der Waals surface area contributed by atoms with Gasteiger partial charge in [0.05, 0.1) is 0 Å². The predicted octanol–water partition coefficient (Wildman–Crippen LogP) is 1.57. The van der Waals surface area contributed by atoms with Crippen molar-refractivity contribution in [2.24, 2.45) is 17.6 Å². The molecule has 0 aromatic heterocycles. The molecule has 5 nitrogen and oxygen atoms in total. The van der Waals surface area contributed by atoms with Crippen LogP contribution in [0.1, 0.15) is 38.5 Å². The Morgan fingerprint density at radius 2 is 2.10 bits per heavy atom. The second-order valence-corrected chi connectivity index (χ2v) is 6.20. The lowest BCUT2D eigenvalue weighted by Crippen LogP contribution is -2.52. The minimum Gasteiger partial charge on any atom is -0.381 e. The van der Waals surface area contributed by atoms with E-state index in [2.05, 4.69) is 5.32 Å². The van der Waals surface area contributed by atoms with E-state index in [0.717, 1.165) is 57.9 Å². The molecule has 2 aliphatic rings. The molecule has 0 spiro atoms. The molecular formula is C15H29N3O2. The fourth-order valence-corrected chi connectivity index (χ4v) is 3.77. The van der Waals surface area contributed by atoms with Gasteiger partial charge in [0, 0.05) is 25.8 Å². The van der Waals surface area contributed by atoms with Crippen molar-refractivity contribution in [1.82, 2.24) is 10.2 Å². The van der Waals surface area contributed by atoms with Gasteiger partial charge in [-0.3, -0.25) is 0 Å². The molecule has 0 radical (unpaired) electrons. The maximum Gasteiger partial charge on any atom is 0.315 e. The van der Waals surface area contributed by atoms with Crippen LogP contribution in [0.5, 0.6) is 0 Å². The van der Waals surface area contributed by atoms with Crippen LogP contribution in [0.4, 0.5) is 4.79 Å². The number of likely N-dealkylation sites (tertiary alicyclic amines) is 1. The number of hydrogen-bond donors (Lipinski definition) is 2. The zero-order valence-electron chi connectivity index (χ0n) is 12.6. The van der Waals surface area contributed by atoms with Crippen LogP contribution in [-0.4, -0.2) is 50.3 Å². The van der Waals surface area contributed by atoms with Crippen LogP contribution in [0.2, 0.25) is 0 Å². The molecule has 0 aliphatic carbocycles. The minimum atomic E-state index is -0.247. The number of ether oxygens (including phenoxy) is 1. The molecule has 2 saturated heterocycles. The monoisotopic (exact) mass is 283 g/mol. The topological polar surface area (TPSA) is 67.6 Å².